The Labute approximate surface area is 114 Å². The maximum Gasteiger partial charge on any atom is 0.314 e. The van der Waals surface area contributed by atoms with Gasteiger partial charge in [-0.1, -0.05) is 0 Å². The van der Waals surface area contributed by atoms with E-state index in [0.29, 0.717) is 11.8 Å². The highest BCUT2D eigenvalue weighted by Gasteiger charge is 2.16. The Kier molecular flexibility index (Phi) is 6.14. The highest BCUT2D eigenvalue weighted by Crippen LogP contribution is 2.21. The van der Waals surface area contributed by atoms with Crippen molar-refractivity contribution >= 4 is 17.8 Å². The molecule has 0 saturated carbocycles. The van der Waals surface area contributed by atoms with E-state index in [9.17, 15) is 4.79 Å². The number of carbonyl (C=O) groups is 1. The third-order valence-electron chi connectivity index (χ3n) is 3.76. The molecule has 0 bridgehead atoms. The van der Waals surface area contributed by atoms with Gasteiger partial charge in [-0.25, -0.2) is 4.79 Å². The van der Waals surface area contributed by atoms with Crippen LogP contribution >= 0.6 is 11.8 Å². The SMILES string of the molecule is O=C(NCC1CCCNC1)NCC1CCCSC1. The van der Waals surface area contributed by atoms with Crippen LogP contribution in [0.3, 0.4) is 0 Å². The number of nitrogens with one attached hydrogen (secondary N) is 3. The van der Waals surface area contributed by atoms with Gasteiger partial charge in [0.25, 0.3) is 0 Å². The molecule has 2 amide bonds. The standard InChI is InChI=1S/C13H25N3OS/c17-13(15-8-11-3-1-5-14-7-11)16-9-12-4-2-6-18-10-12/h11-12,14H,1-10H2,(H2,15,16,17). The van der Waals surface area contributed by atoms with Crippen LogP contribution in [0.4, 0.5) is 4.79 Å². The van der Waals surface area contributed by atoms with Crippen molar-refractivity contribution in [2.24, 2.45) is 11.8 Å². The molecular formula is C13H25N3OS. The van der Waals surface area contributed by atoms with Gasteiger partial charge in [0.2, 0.25) is 0 Å². The van der Waals surface area contributed by atoms with Crippen LogP contribution in [0.15, 0.2) is 0 Å². The molecule has 2 atom stereocenters. The summed E-state index contributed by atoms with van der Waals surface area (Å²) in [5, 5.41) is 9.37. The van der Waals surface area contributed by atoms with Crippen molar-refractivity contribution in [3.8, 4) is 0 Å². The van der Waals surface area contributed by atoms with E-state index in [-0.39, 0.29) is 6.03 Å². The van der Waals surface area contributed by atoms with Crippen LogP contribution in [0.25, 0.3) is 0 Å². The summed E-state index contributed by atoms with van der Waals surface area (Å²) in [4.78, 5) is 11.7. The van der Waals surface area contributed by atoms with Crippen LogP contribution < -0.4 is 16.0 Å². The minimum atomic E-state index is 0.0103. The van der Waals surface area contributed by atoms with Crippen molar-refractivity contribution in [3.63, 3.8) is 0 Å². The van der Waals surface area contributed by atoms with Crippen molar-refractivity contribution in [2.75, 3.05) is 37.7 Å². The zero-order chi connectivity index (χ0) is 12.6. The molecular weight excluding hydrogens is 246 g/mol. The molecule has 2 rings (SSSR count). The first-order valence-corrected chi connectivity index (χ1v) is 8.30. The van der Waals surface area contributed by atoms with Crippen LogP contribution in [0.1, 0.15) is 25.7 Å². The maximum atomic E-state index is 11.7. The summed E-state index contributed by atoms with van der Waals surface area (Å²) in [7, 11) is 0. The van der Waals surface area contributed by atoms with Gasteiger partial charge in [-0.05, 0) is 62.1 Å². The molecule has 0 aromatic carbocycles. The Balaban J connectivity index is 1.54. The Morgan fingerprint density at radius 2 is 1.94 bits per heavy atom. The van der Waals surface area contributed by atoms with Gasteiger partial charge in [0.1, 0.15) is 0 Å². The lowest BCUT2D eigenvalue weighted by Gasteiger charge is -2.24. The molecule has 0 radical (unpaired) electrons. The fourth-order valence-electron chi connectivity index (χ4n) is 2.60. The molecule has 0 spiro atoms. The Morgan fingerprint density at radius 3 is 2.61 bits per heavy atom. The summed E-state index contributed by atoms with van der Waals surface area (Å²) in [6, 6.07) is 0.0103. The molecule has 5 heteroatoms. The van der Waals surface area contributed by atoms with Crippen molar-refractivity contribution < 1.29 is 4.79 Å². The first kappa shape index (κ1) is 14.0. The van der Waals surface area contributed by atoms with E-state index in [4.69, 9.17) is 0 Å². The van der Waals surface area contributed by atoms with Gasteiger partial charge in [-0.3, -0.25) is 0 Å². The molecule has 3 N–H and O–H groups in total. The van der Waals surface area contributed by atoms with E-state index < -0.39 is 0 Å². The van der Waals surface area contributed by atoms with E-state index in [2.05, 4.69) is 16.0 Å². The second-order valence-corrected chi connectivity index (χ2v) is 6.54. The number of thioether (sulfide) groups is 1. The second-order valence-electron chi connectivity index (χ2n) is 5.39. The van der Waals surface area contributed by atoms with E-state index in [1.54, 1.807) is 0 Å². The van der Waals surface area contributed by atoms with E-state index >= 15 is 0 Å². The third kappa shape index (κ3) is 5.06. The van der Waals surface area contributed by atoms with Gasteiger partial charge in [-0.15, -0.1) is 0 Å². The Bertz CT molecular complexity index is 227. The van der Waals surface area contributed by atoms with Crippen molar-refractivity contribution in [3.05, 3.63) is 0 Å². The van der Waals surface area contributed by atoms with Crippen LogP contribution in [-0.4, -0.2) is 43.7 Å². The summed E-state index contributed by atoms with van der Waals surface area (Å²) in [6.45, 7) is 3.81. The van der Waals surface area contributed by atoms with Crippen molar-refractivity contribution in [2.45, 2.75) is 25.7 Å². The summed E-state index contributed by atoms with van der Waals surface area (Å²) in [5.74, 6) is 3.77. The highest BCUT2D eigenvalue weighted by atomic mass is 32.2. The van der Waals surface area contributed by atoms with Crippen LogP contribution in [0.5, 0.6) is 0 Å². The third-order valence-corrected chi connectivity index (χ3v) is 5.04. The predicted octanol–water partition coefficient (Wildman–Crippen LogP) is 1.43. The van der Waals surface area contributed by atoms with Crippen molar-refractivity contribution in [1.82, 2.24) is 16.0 Å². The molecule has 18 heavy (non-hydrogen) atoms. The summed E-state index contributed by atoms with van der Waals surface area (Å²) in [5.41, 5.74) is 0. The van der Waals surface area contributed by atoms with Gasteiger partial charge < -0.3 is 16.0 Å². The minimum Gasteiger partial charge on any atom is -0.338 e. The smallest absolute Gasteiger partial charge is 0.314 e. The van der Waals surface area contributed by atoms with Gasteiger partial charge >= 0.3 is 6.03 Å². The summed E-state index contributed by atoms with van der Waals surface area (Å²) < 4.78 is 0. The number of amides is 2. The first-order valence-electron chi connectivity index (χ1n) is 7.15. The van der Waals surface area contributed by atoms with Gasteiger partial charge in [-0.2, -0.15) is 11.8 Å². The lowest BCUT2D eigenvalue weighted by atomic mass is 10.00. The lowest BCUT2D eigenvalue weighted by molar-refractivity contribution is 0.235. The molecule has 2 aliphatic rings. The molecule has 0 aliphatic carbocycles. The number of hydrogen-bond donors (Lipinski definition) is 3. The molecule has 2 fully saturated rings. The number of hydrogen-bond acceptors (Lipinski definition) is 3. The zero-order valence-electron chi connectivity index (χ0n) is 11.0. The topological polar surface area (TPSA) is 53.2 Å². The quantitative estimate of drug-likeness (QED) is 0.725. The van der Waals surface area contributed by atoms with Crippen molar-refractivity contribution in [1.29, 1.82) is 0 Å². The monoisotopic (exact) mass is 271 g/mol. The van der Waals surface area contributed by atoms with E-state index in [0.717, 1.165) is 26.2 Å². The van der Waals surface area contributed by atoms with Gasteiger partial charge in [0.15, 0.2) is 0 Å². The molecule has 0 aromatic heterocycles. The average molecular weight is 271 g/mol. The largest absolute Gasteiger partial charge is 0.338 e. The highest BCUT2D eigenvalue weighted by molar-refractivity contribution is 7.99. The maximum absolute atomic E-state index is 11.7. The fourth-order valence-corrected chi connectivity index (χ4v) is 3.76. The molecule has 104 valence electrons. The Hall–Kier alpha value is -0.420. The number of rotatable bonds is 4. The molecule has 2 heterocycles. The molecule has 2 saturated heterocycles. The first-order chi connectivity index (χ1) is 8.84. The van der Waals surface area contributed by atoms with E-state index in [1.807, 2.05) is 11.8 Å². The average Bonchev–Trinajstić information content (AvgIpc) is 2.45. The van der Waals surface area contributed by atoms with Crippen LogP contribution in [-0.2, 0) is 0 Å². The predicted molar refractivity (Wildman–Crippen MR) is 77.0 cm³/mol. The molecule has 2 unspecified atom stereocenters. The van der Waals surface area contributed by atoms with Gasteiger partial charge in [0, 0.05) is 13.1 Å². The number of urea groups is 1. The van der Waals surface area contributed by atoms with Crippen LogP contribution in [0.2, 0.25) is 0 Å². The molecule has 2 aliphatic heterocycles. The Morgan fingerprint density at radius 1 is 1.17 bits per heavy atom. The molecule has 0 aromatic rings. The minimum absolute atomic E-state index is 0.0103. The fraction of sp³-hybridized carbons (Fsp3) is 0.923. The normalized spacial score (nSPS) is 28.7. The van der Waals surface area contributed by atoms with E-state index in [1.165, 1.54) is 37.2 Å². The zero-order valence-corrected chi connectivity index (χ0v) is 11.9. The second kappa shape index (κ2) is 7.89. The van der Waals surface area contributed by atoms with Gasteiger partial charge in [0.05, 0.1) is 0 Å². The summed E-state index contributed by atoms with van der Waals surface area (Å²) >= 11 is 2.01. The summed E-state index contributed by atoms with van der Waals surface area (Å²) in [6.07, 6.45) is 5.02. The number of piperidine rings is 1. The molecule has 4 nitrogen and oxygen atoms in total. The number of carbonyl (C=O) groups excluding carboxylic acids is 1. The lowest BCUT2D eigenvalue weighted by Crippen LogP contribution is -2.43. The van der Waals surface area contributed by atoms with Crippen LogP contribution in [0, 0.1) is 11.8 Å².